The van der Waals surface area contributed by atoms with E-state index in [1.165, 1.54) is 0 Å². The fourth-order valence-corrected chi connectivity index (χ4v) is 11.6. The van der Waals surface area contributed by atoms with Gasteiger partial charge in [0.05, 0.1) is 31.2 Å². The molecule has 8 atom stereocenters. The fraction of sp³-hybridized carbons (Fsp3) is 0.537. The Labute approximate surface area is 382 Å². The molecule has 65 heavy (non-hydrogen) atoms. The van der Waals surface area contributed by atoms with E-state index >= 15 is 4.79 Å². The zero-order valence-corrected chi connectivity index (χ0v) is 38.0. The molecule has 2 fully saturated rings. The number of phenolic OH excluding ortho intramolecular Hbond substituents is 1. The topological polar surface area (TPSA) is 183 Å². The maximum Gasteiger partial charge on any atom is 0.334 e. The van der Waals surface area contributed by atoms with Gasteiger partial charge < -0.3 is 40.3 Å². The van der Waals surface area contributed by atoms with Crippen LogP contribution in [0.4, 0.5) is 5.69 Å². The van der Waals surface area contributed by atoms with E-state index < -0.39 is 59.0 Å². The van der Waals surface area contributed by atoms with Gasteiger partial charge in [-0.3, -0.25) is 9.59 Å². The van der Waals surface area contributed by atoms with E-state index in [9.17, 15) is 35.1 Å². The van der Waals surface area contributed by atoms with Crippen molar-refractivity contribution in [2.24, 2.45) is 11.8 Å². The van der Waals surface area contributed by atoms with Crippen molar-refractivity contribution in [2.45, 2.75) is 165 Å². The standard InChI is InChI=1S/C54H65NO10/c1-4-16-54(63)42-14-15-46(58)38(24-42)19-33-10-9-11-41(21-33)53(17-7-6-8-18-53)47(59)27-40-23-35(37-20-34(31-56)22-43(25-37)55-30-32(3)57)12-13-36-29-49(60)65-51-44(5-2)50(61)39(26-45(36)51)28-48(54)64-52(40)62/h9-11,20-22,25-27,32,35-36,38,42,47-48,55-57,59,61,63H,4-8,14-19,23-24,28-31H2,1-3H3. The van der Waals surface area contributed by atoms with E-state index in [-0.39, 0.29) is 74.0 Å². The van der Waals surface area contributed by atoms with Crippen LogP contribution in [0.2, 0.25) is 0 Å². The van der Waals surface area contributed by atoms with Crippen LogP contribution in [0.1, 0.15) is 149 Å². The second-order valence-corrected chi connectivity index (χ2v) is 19.5. The molecule has 8 unspecified atom stereocenters. The molecule has 3 heterocycles. The van der Waals surface area contributed by atoms with Crippen molar-refractivity contribution < 1.29 is 49.4 Å². The quantitative estimate of drug-likeness (QED) is 0.0747. The number of esters is 2. The molecule has 1 spiro atoms. The predicted octanol–water partition coefficient (Wildman–Crippen LogP) is 7.54. The van der Waals surface area contributed by atoms with Gasteiger partial charge in [0.15, 0.2) is 0 Å². The van der Waals surface area contributed by atoms with Crippen LogP contribution in [0, 0.1) is 23.7 Å². The molecular weight excluding hydrogens is 823 g/mol. The lowest BCUT2D eigenvalue weighted by atomic mass is 9.64. The number of hydrogen-bond donors (Lipinski definition) is 6. The number of aliphatic hydroxyl groups is 4. The van der Waals surface area contributed by atoms with Gasteiger partial charge in [-0.05, 0) is 116 Å². The zero-order chi connectivity index (χ0) is 46.0. The fourth-order valence-electron chi connectivity index (χ4n) is 11.6. The van der Waals surface area contributed by atoms with Gasteiger partial charge in [-0.15, -0.1) is 0 Å². The lowest BCUT2D eigenvalue weighted by molar-refractivity contribution is -0.176. The van der Waals surface area contributed by atoms with E-state index in [0.29, 0.717) is 78.5 Å². The number of hydrogen-bond acceptors (Lipinski definition) is 11. The minimum absolute atomic E-state index is 0.0320. The van der Waals surface area contributed by atoms with Crippen LogP contribution in [-0.2, 0) is 50.4 Å². The maximum atomic E-state index is 15.4. The molecule has 6 N–H and O–H groups in total. The number of anilines is 1. The molecule has 11 heteroatoms. The summed E-state index contributed by atoms with van der Waals surface area (Å²) in [6.07, 6.45) is 5.25. The Balaban J connectivity index is 1.39. The highest BCUT2D eigenvalue weighted by Crippen LogP contribution is 2.48. The summed E-state index contributed by atoms with van der Waals surface area (Å²) in [5.41, 5.74) is 3.04. The van der Waals surface area contributed by atoms with Crippen molar-refractivity contribution >= 4 is 23.4 Å². The molecule has 0 radical (unpaired) electrons. The zero-order valence-electron chi connectivity index (χ0n) is 38.0. The molecular formula is C54H65NO10. The SMILES string of the molecule is CCCC1(O)C2CCC(=O)C(Cc3cccc(c3)C3(CCCCC3)C(O)C=C3CC(c4cc(CO)cc(NCC(C)O)c4)C#CC4CC(=O)Oc5c4cc(c(O)c5CC)CC1OC3=O)C2. The number of ether oxygens (including phenoxy) is 2. The Kier molecular flexibility index (Phi) is 13.9. The number of ketones is 1. The summed E-state index contributed by atoms with van der Waals surface area (Å²) >= 11 is 0. The average Bonchev–Trinajstić information content (AvgIpc) is 3.30. The van der Waals surface area contributed by atoms with Crippen LogP contribution in [0.3, 0.4) is 0 Å². The molecule has 8 bridgehead atoms. The highest BCUT2D eigenvalue weighted by atomic mass is 16.6. The minimum atomic E-state index is -1.63. The van der Waals surface area contributed by atoms with Gasteiger partial charge in [0.25, 0.3) is 0 Å². The van der Waals surface area contributed by atoms with E-state index in [2.05, 4.69) is 23.2 Å². The smallest absolute Gasteiger partial charge is 0.334 e. The Morgan fingerprint density at radius 2 is 1.74 bits per heavy atom. The minimum Gasteiger partial charge on any atom is -0.507 e. The van der Waals surface area contributed by atoms with E-state index in [4.69, 9.17) is 9.47 Å². The first kappa shape index (κ1) is 46.5. The van der Waals surface area contributed by atoms with Crippen molar-refractivity contribution in [1.29, 1.82) is 0 Å². The van der Waals surface area contributed by atoms with Crippen LogP contribution < -0.4 is 10.1 Å². The molecule has 3 aromatic rings. The second-order valence-electron chi connectivity index (χ2n) is 19.5. The normalized spacial score (nSPS) is 28.1. The molecule has 2 aliphatic carbocycles. The lowest BCUT2D eigenvalue weighted by Crippen LogP contribution is -2.54. The third-order valence-electron chi connectivity index (χ3n) is 15.1. The summed E-state index contributed by atoms with van der Waals surface area (Å²) in [4.78, 5) is 42.6. The molecule has 3 aromatic carbocycles. The van der Waals surface area contributed by atoms with E-state index in [1.54, 1.807) is 25.1 Å². The molecule has 2 saturated carbocycles. The Morgan fingerprint density at radius 3 is 2.48 bits per heavy atom. The van der Waals surface area contributed by atoms with Crippen molar-refractivity contribution in [2.75, 3.05) is 11.9 Å². The number of benzene rings is 3. The summed E-state index contributed by atoms with van der Waals surface area (Å²) in [5.74, 6) is 3.70. The van der Waals surface area contributed by atoms with Crippen molar-refractivity contribution in [3.63, 3.8) is 0 Å². The number of phenols is 1. The highest BCUT2D eigenvalue weighted by Gasteiger charge is 2.50. The van der Waals surface area contributed by atoms with E-state index in [0.717, 1.165) is 30.4 Å². The van der Waals surface area contributed by atoms with Crippen LogP contribution >= 0.6 is 0 Å². The summed E-state index contributed by atoms with van der Waals surface area (Å²) in [7, 11) is 0. The third kappa shape index (κ3) is 9.51. The molecule has 0 aromatic heterocycles. The van der Waals surface area contributed by atoms with E-state index in [1.807, 2.05) is 44.2 Å². The van der Waals surface area contributed by atoms with Gasteiger partial charge in [0.1, 0.15) is 29.0 Å². The lowest BCUT2D eigenvalue weighted by Gasteiger charge is -2.45. The van der Waals surface area contributed by atoms with Crippen LogP contribution in [0.15, 0.2) is 60.2 Å². The first-order valence-corrected chi connectivity index (χ1v) is 23.9. The maximum absolute atomic E-state index is 15.4. The van der Waals surface area contributed by atoms with Gasteiger partial charge >= 0.3 is 11.9 Å². The highest BCUT2D eigenvalue weighted by molar-refractivity contribution is 5.89. The van der Waals surface area contributed by atoms with Gasteiger partial charge in [0, 0.05) is 59.0 Å². The van der Waals surface area contributed by atoms with Crippen LogP contribution in [0.5, 0.6) is 11.5 Å². The number of carbonyl (C=O) groups is 3. The monoisotopic (exact) mass is 887 g/mol. The Hall–Kier alpha value is -4.99. The molecule has 0 amide bonds. The molecule has 0 saturated heterocycles. The molecule has 5 aliphatic rings. The summed E-state index contributed by atoms with van der Waals surface area (Å²) < 4.78 is 12.6. The van der Waals surface area contributed by atoms with Crippen molar-refractivity contribution in [3.8, 4) is 23.3 Å². The molecule has 11 nitrogen and oxygen atoms in total. The number of nitrogens with one attached hydrogen (secondary N) is 1. The van der Waals surface area contributed by atoms with Gasteiger partial charge in [0.2, 0.25) is 0 Å². The van der Waals surface area contributed by atoms with Crippen molar-refractivity contribution in [1.82, 2.24) is 0 Å². The number of aromatic hydroxyl groups is 1. The van der Waals surface area contributed by atoms with Gasteiger partial charge in [-0.2, -0.15) is 0 Å². The van der Waals surface area contributed by atoms with Gasteiger partial charge in [-0.1, -0.05) is 81.7 Å². The molecule has 8 rings (SSSR count). The summed E-state index contributed by atoms with van der Waals surface area (Å²) in [6, 6.07) is 15.5. The number of fused-ring (bicyclic) bond motifs is 9. The van der Waals surface area contributed by atoms with Gasteiger partial charge in [-0.25, -0.2) is 4.79 Å². The summed E-state index contributed by atoms with van der Waals surface area (Å²) in [6.45, 7) is 5.45. The number of carbonyl (C=O) groups excluding carboxylic acids is 3. The molecule has 3 aliphatic heterocycles. The Bertz CT molecular complexity index is 2390. The molecule has 346 valence electrons. The average molecular weight is 888 g/mol. The van der Waals surface area contributed by atoms with Crippen LogP contribution in [0.25, 0.3) is 0 Å². The Morgan fingerprint density at radius 1 is 0.954 bits per heavy atom. The number of aliphatic hydroxyl groups excluding tert-OH is 3. The second kappa shape index (κ2) is 19.5. The van der Waals surface area contributed by atoms with Crippen molar-refractivity contribution in [3.05, 3.63) is 99.1 Å². The van der Waals surface area contributed by atoms with Crippen LogP contribution in [-0.4, -0.2) is 73.7 Å². The largest absolute Gasteiger partial charge is 0.507 e. The first-order valence-electron chi connectivity index (χ1n) is 23.9. The predicted molar refractivity (Wildman–Crippen MR) is 246 cm³/mol. The number of rotatable bonds is 8. The number of Topliss-reactive ketones (excluding diaryl/α,β-unsaturated/α-hetero) is 1. The first-order chi connectivity index (χ1) is 31.2. The third-order valence-corrected chi connectivity index (χ3v) is 15.1. The summed E-state index contributed by atoms with van der Waals surface area (Å²) in [5, 5.41) is 62.1.